The number of thioether (sulfide) groups is 1. The van der Waals surface area contributed by atoms with Gasteiger partial charge in [-0.05, 0) is 43.9 Å². The maximum Gasteiger partial charge on any atom is 0.323 e. The highest BCUT2D eigenvalue weighted by atomic mass is 32.2. The first kappa shape index (κ1) is 23.0. The van der Waals surface area contributed by atoms with E-state index in [9.17, 15) is 9.59 Å². The summed E-state index contributed by atoms with van der Waals surface area (Å²) in [6.07, 6.45) is 8.62. The van der Waals surface area contributed by atoms with Crippen molar-refractivity contribution in [2.75, 3.05) is 17.6 Å². The molecular weight excluding hydrogens is 394 g/mol. The van der Waals surface area contributed by atoms with Gasteiger partial charge >= 0.3 is 12.0 Å². The van der Waals surface area contributed by atoms with Crippen LogP contribution in [0.1, 0.15) is 65.7 Å². The molecule has 0 aliphatic heterocycles. The van der Waals surface area contributed by atoms with Gasteiger partial charge < -0.3 is 10.0 Å². The van der Waals surface area contributed by atoms with Crippen molar-refractivity contribution in [3.8, 4) is 0 Å². The first-order valence-corrected chi connectivity index (χ1v) is 12.1. The lowest BCUT2D eigenvalue weighted by Gasteiger charge is -2.37. The number of anilines is 1. The van der Waals surface area contributed by atoms with Gasteiger partial charge in [-0.2, -0.15) is 0 Å². The van der Waals surface area contributed by atoms with Gasteiger partial charge in [0.2, 0.25) is 0 Å². The summed E-state index contributed by atoms with van der Waals surface area (Å²) < 4.78 is 0.925. The molecule has 6 nitrogen and oxygen atoms in total. The number of carbonyl (C=O) groups is 2. The maximum atomic E-state index is 13.0. The fourth-order valence-corrected chi connectivity index (χ4v) is 5.37. The van der Waals surface area contributed by atoms with Crippen LogP contribution >= 0.6 is 23.1 Å². The number of carbonyl (C=O) groups excluding carboxylic acids is 1. The van der Waals surface area contributed by atoms with Crippen LogP contribution in [0.5, 0.6) is 0 Å². The lowest BCUT2D eigenvalue weighted by atomic mass is 9.84. The van der Waals surface area contributed by atoms with Crippen molar-refractivity contribution in [1.82, 2.24) is 9.88 Å². The Morgan fingerprint density at radius 3 is 2.68 bits per heavy atom. The topological polar surface area (TPSA) is 82.5 Å². The molecule has 1 aromatic rings. The van der Waals surface area contributed by atoms with E-state index in [1.165, 1.54) is 42.4 Å². The van der Waals surface area contributed by atoms with Crippen LogP contribution in [0, 0.1) is 11.8 Å². The minimum atomic E-state index is -0.802. The quantitative estimate of drug-likeness (QED) is 0.478. The normalized spacial score (nSPS) is 19.6. The molecule has 0 spiro atoms. The summed E-state index contributed by atoms with van der Waals surface area (Å²) in [5, 5.41) is 12.3. The molecule has 2 rings (SSSR count). The molecule has 0 unspecified atom stereocenters. The predicted molar refractivity (Wildman–Crippen MR) is 116 cm³/mol. The molecule has 1 aliphatic carbocycles. The Bertz CT molecular complexity index is 628. The number of urea groups is 1. The Hall–Kier alpha value is -1.28. The summed E-state index contributed by atoms with van der Waals surface area (Å²) in [7, 11) is 0. The number of nitrogens with one attached hydrogen (secondary N) is 1. The van der Waals surface area contributed by atoms with Crippen molar-refractivity contribution in [2.24, 2.45) is 11.8 Å². The average molecular weight is 428 g/mol. The molecule has 158 valence electrons. The summed E-state index contributed by atoms with van der Waals surface area (Å²) in [5.74, 6) is 1.06. The number of aliphatic carboxylic acids is 1. The Morgan fingerprint density at radius 2 is 2.07 bits per heavy atom. The SMILES string of the molecule is CCC1CCC(N(CCC(C)C)C(=O)Nc2ncc(SCCC(=O)O)s2)CC1. The second-order valence-electron chi connectivity index (χ2n) is 7.87. The Kier molecular flexibility index (Phi) is 9.58. The fourth-order valence-electron chi connectivity index (χ4n) is 3.50. The van der Waals surface area contributed by atoms with Crippen LogP contribution in [0.2, 0.25) is 0 Å². The van der Waals surface area contributed by atoms with Gasteiger partial charge in [-0.25, -0.2) is 9.78 Å². The van der Waals surface area contributed by atoms with Crippen LogP contribution in [-0.2, 0) is 4.79 Å². The second kappa shape index (κ2) is 11.7. The molecule has 28 heavy (non-hydrogen) atoms. The smallest absolute Gasteiger partial charge is 0.323 e. The molecule has 0 atom stereocenters. The Labute approximate surface area is 176 Å². The van der Waals surface area contributed by atoms with E-state index in [0.29, 0.717) is 22.8 Å². The lowest BCUT2D eigenvalue weighted by molar-refractivity contribution is -0.136. The Morgan fingerprint density at radius 1 is 1.36 bits per heavy atom. The highest BCUT2D eigenvalue weighted by Gasteiger charge is 2.28. The molecule has 1 saturated carbocycles. The van der Waals surface area contributed by atoms with Gasteiger partial charge in [0.25, 0.3) is 0 Å². The number of carboxylic acid groups (broad SMARTS) is 1. The number of nitrogens with zero attached hydrogens (tertiary/aromatic N) is 2. The number of aromatic nitrogens is 1. The summed E-state index contributed by atoms with van der Waals surface area (Å²) in [5.41, 5.74) is 0. The van der Waals surface area contributed by atoms with Crippen molar-refractivity contribution in [2.45, 2.75) is 76.0 Å². The van der Waals surface area contributed by atoms with E-state index in [0.717, 1.165) is 35.9 Å². The molecule has 0 saturated heterocycles. The first-order valence-electron chi connectivity index (χ1n) is 10.3. The molecule has 0 bridgehead atoms. The van der Waals surface area contributed by atoms with Crippen LogP contribution in [0.25, 0.3) is 0 Å². The van der Waals surface area contributed by atoms with E-state index >= 15 is 0 Å². The fraction of sp³-hybridized carbons (Fsp3) is 0.750. The van der Waals surface area contributed by atoms with E-state index in [1.807, 2.05) is 4.90 Å². The third-order valence-corrected chi connectivity index (χ3v) is 7.41. The highest BCUT2D eigenvalue weighted by Crippen LogP contribution is 2.31. The molecular formula is C20H33N3O3S2. The monoisotopic (exact) mass is 427 g/mol. The van der Waals surface area contributed by atoms with Crippen LogP contribution in [0.4, 0.5) is 9.93 Å². The molecule has 1 aliphatic rings. The average Bonchev–Trinajstić information content (AvgIpc) is 3.09. The zero-order valence-corrected chi connectivity index (χ0v) is 18.8. The number of carboxylic acids is 1. The molecule has 0 aromatic carbocycles. The molecule has 0 radical (unpaired) electrons. The third kappa shape index (κ3) is 7.62. The Balaban J connectivity index is 1.94. The standard InChI is InChI=1S/C20H33N3O3S2/c1-4-15-5-7-16(8-6-15)23(11-9-14(2)3)20(26)22-19-21-13-18(28-19)27-12-10-17(24)25/h13-16H,4-12H2,1-3H3,(H,24,25)(H,21,22,26). The van der Waals surface area contributed by atoms with Gasteiger partial charge in [0.15, 0.2) is 5.13 Å². The zero-order chi connectivity index (χ0) is 20.5. The van der Waals surface area contributed by atoms with Crippen molar-refractivity contribution >= 4 is 40.2 Å². The van der Waals surface area contributed by atoms with Crippen LogP contribution < -0.4 is 5.32 Å². The third-order valence-electron chi connectivity index (χ3n) is 5.30. The lowest BCUT2D eigenvalue weighted by Crippen LogP contribution is -2.45. The number of rotatable bonds is 10. The second-order valence-corrected chi connectivity index (χ2v) is 10.3. The maximum absolute atomic E-state index is 13.0. The minimum Gasteiger partial charge on any atom is -0.481 e. The molecule has 1 heterocycles. The first-order chi connectivity index (χ1) is 13.4. The van der Waals surface area contributed by atoms with Crippen LogP contribution in [-0.4, -0.2) is 45.3 Å². The molecule has 8 heteroatoms. The largest absolute Gasteiger partial charge is 0.481 e. The van der Waals surface area contributed by atoms with E-state index in [-0.39, 0.29) is 12.5 Å². The summed E-state index contributed by atoms with van der Waals surface area (Å²) in [6, 6.07) is 0.253. The van der Waals surface area contributed by atoms with Gasteiger partial charge in [0, 0.05) is 18.3 Å². The molecule has 1 aromatic heterocycles. The van der Waals surface area contributed by atoms with Gasteiger partial charge in [-0.15, -0.1) is 11.8 Å². The molecule has 1 fully saturated rings. The van der Waals surface area contributed by atoms with E-state index in [2.05, 4.69) is 31.1 Å². The van der Waals surface area contributed by atoms with E-state index in [4.69, 9.17) is 5.11 Å². The van der Waals surface area contributed by atoms with Crippen molar-refractivity contribution in [3.05, 3.63) is 6.20 Å². The van der Waals surface area contributed by atoms with Gasteiger partial charge in [0.1, 0.15) is 0 Å². The summed E-state index contributed by atoms with van der Waals surface area (Å²) >= 11 is 2.87. The minimum absolute atomic E-state index is 0.0583. The van der Waals surface area contributed by atoms with E-state index < -0.39 is 5.97 Å². The molecule has 2 N–H and O–H groups in total. The van der Waals surface area contributed by atoms with Gasteiger partial charge in [-0.3, -0.25) is 10.1 Å². The van der Waals surface area contributed by atoms with Gasteiger partial charge in [0.05, 0.1) is 16.8 Å². The zero-order valence-electron chi connectivity index (χ0n) is 17.1. The van der Waals surface area contributed by atoms with Gasteiger partial charge in [-0.1, -0.05) is 38.5 Å². The predicted octanol–water partition coefficient (Wildman–Crippen LogP) is 5.56. The summed E-state index contributed by atoms with van der Waals surface area (Å²) in [4.78, 5) is 29.9. The van der Waals surface area contributed by atoms with Crippen molar-refractivity contribution in [3.63, 3.8) is 0 Å². The summed E-state index contributed by atoms with van der Waals surface area (Å²) in [6.45, 7) is 7.40. The van der Waals surface area contributed by atoms with Crippen LogP contribution in [0.15, 0.2) is 10.4 Å². The number of amides is 2. The molecule has 2 amide bonds. The van der Waals surface area contributed by atoms with Crippen LogP contribution in [0.3, 0.4) is 0 Å². The number of hydrogen-bond donors (Lipinski definition) is 2. The number of thiazole rings is 1. The van der Waals surface area contributed by atoms with Crippen molar-refractivity contribution < 1.29 is 14.7 Å². The van der Waals surface area contributed by atoms with E-state index in [1.54, 1.807) is 6.20 Å². The number of hydrogen-bond acceptors (Lipinski definition) is 5. The highest BCUT2D eigenvalue weighted by molar-refractivity contribution is 8.01. The van der Waals surface area contributed by atoms with Crippen molar-refractivity contribution in [1.29, 1.82) is 0 Å².